The van der Waals surface area contributed by atoms with Crippen LogP contribution in [-0.2, 0) is 4.79 Å². The highest BCUT2D eigenvalue weighted by Crippen LogP contribution is 2.21. The molecule has 0 radical (unpaired) electrons. The molecule has 4 aromatic rings. The maximum atomic E-state index is 12.4. The maximum absolute atomic E-state index is 12.4. The number of nitro benzene ring substituents is 1. The summed E-state index contributed by atoms with van der Waals surface area (Å²) in [6.07, 6.45) is 1.34. The molecule has 0 saturated carbocycles. The highest BCUT2D eigenvalue weighted by molar-refractivity contribution is 5.92. The fourth-order valence-electron chi connectivity index (χ4n) is 2.88. The lowest BCUT2D eigenvalue weighted by Crippen LogP contribution is -2.22. The van der Waals surface area contributed by atoms with Crippen LogP contribution in [0.2, 0.25) is 0 Å². The summed E-state index contributed by atoms with van der Waals surface area (Å²) in [5, 5.41) is 27.8. The van der Waals surface area contributed by atoms with E-state index in [9.17, 15) is 20.2 Å². The van der Waals surface area contributed by atoms with E-state index >= 15 is 0 Å². The maximum Gasteiger partial charge on any atom is 0.269 e. The molecule has 31 heavy (non-hydrogen) atoms. The number of pyridine rings is 1. The Bertz CT molecular complexity index is 1320. The number of hydrogen-bond acceptors (Lipinski definition) is 7. The Hall–Kier alpha value is -4.78. The Morgan fingerprint density at radius 1 is 1.16 bits per heavy atom. The van der Waals surface area contributed by atoms with E-state index in [1.54, 1.807) is 6.07 Å². The molecule has 0 saturated heterocycles. The van der Waals surface area contributed by atoms with Gasteiger partial charge in [0.25, 0.3) is 11.6 Å². The Morgan fingerprint density at radius 3 is 2.68 bits per heavy atom. The number of nitrogens with zero attached hydrogens (tertiary/aromatic N) is 5. The summed E-state index contributed by atoms with van der Waals surface area (Å²) in [7, 11) is 0. The smallest absolute Gasteiger partial charge is 0.269 e. The van der Waals surface area contributed by atoms with Gasteiger partial charge in [-0.15, -0.1) is 0 Å². The highest BCUT2D eigenvalue weighted by atomic mass is 16.6. The van der Waals surface area contributed by atoms with E-state index in [1.807, 2.05) is 36.4 Å². The summed E-state index contributed by atoms with van der Waals surface area (Å²) >= 11 is 0. The third-order valence-electron chi connectivity index (χ3n) is 4.37. The molecule has 0 aliphatic rings. The van der Waals surface area contributed by atoms with Crippen molar-refractivity contribution >= 4 is 28.3 Å². The van der Waals surface area contributed by atoms with Crippen LogP contribution in [-0.4, -0.2) is 32.2 Å². The third kappa shape index (κ3) is 4.15. The van der Waals surface area contributed by atoms with Gasteiger partial charge in [0.15, 0.2) is 18.2 Å². The van der Waals surface area contributed by atoms with Gasteiger partial charge in [-0.05, 0) is 30.3 Å². The standard InChI is InChI=1S/C21H14N6O4/c22-11-15-12-23-26(19-10-5-14-3-1-2-4-18(14)24-19)21(15)25-20(28)13-31-17-8-6-16(7-9-17)27(29)30/h1-10,12H,13H2,(H,25,28). The molecule has 0 fully saturated rings. The molecule has 0 aliphatic carbocycles. The molecule has 2 heterocycles. The van der Waals surface area contributed by atoms with Crippen molar-refractivity contribution in [2.45, 2.75) is 0 Å². The lowest BCUT2D eigenvalue weighted by molar-refractivity contribution is -0.384. The van der Waals surface area contributed by atoms with Gasteiger partial charge in [0.1, 0.15) is 17.4 Å². The van der Waals surface area contributed by atoms with Crippen molar-refractivity contribution in [1.82, 2.24) is 14.8 Å². The van der Waals surface area contributed by atoms with Gasteiger partial charge < -0.3 is 10.1 Å². The van der Waals surface area contributed by atoms with Crippen molar-refractivity contribution in [2.75, 3.05) is 11.9 Å². The molecule has 2 aromatic heterocycles. The van der Waals surface area contributed by atoms with E-state index in [2.05, 4.69) is 15.4 Å². The minimum atomic E-state index is -0.530. The normalized spacial score (nSPS) is 10.4. The van der Waals surface area contributed by atoms with Crippen LogP contribution < -0.4 is 10.1 Å². The van der Waals surface area contributed by atoms with Crippen LogP contribution in [0.5, 0.6) is 5.75 Å². The minimum absolute atomic E-state index is 0.0812. The summed E-state index contributed by atoms with van der Waals surface area (Å²) in [5.74, 6) is 0.373. The van der Waals surface area contributed by atoms with Crippen molar-refractivity contribution in [3.63, 3.8) is 0 Å². The zero-order valence-corrected chi connectivity index (χ0v) is 15.9. The van der Waals surface area contributed by atoms with Crippen LogP contribution in [0.3, 0.4) is 0 Å². The van der Waals surface area contributed by atoms with E-state index in [4.69, 9.17) is 4.74 Å². The van der Waals surface area contributed by atoms with Crippen molar-refractivity contribution in [2.24, 2.45) is 0 Å². The van der Waals surface area contributed by atoms with Crippen LogP contribution in [0, 0.1) is 21.4 Å². The van der Waals surface area contributed by atoms with Crippen LogP contribution in [0.1, 0.15) is 5.56 Å². The van der Waals surface area contributed by atoms with E-state index in [0.717, 1.165) is 10.9 Å². The van der Waals surface area contributed by atoms with Crippen LogP contribution in [0.4, 0.5) is 11.5 Å². The number of carbonyl (C=O) groups excluding carboxylic acids is 1. The number of nitriles is 1. The van der Waals surface area contributed by atoms with Gasteiger partial charge in [-0.25, -0.2) is 4.98 Å². The number of aromatic nitrogens is 3. The topological polar surface area (TPSA) is 136 Å². The van der Waals surface area contributed by atoms with E-state index < -0.39 is 10.8 Å². The van der Waals surface area contributed by atoms with Crippen molar-refractivity contribution in [3.8, 4) is 17.6 Å². The number of nitro groups is 1. The molecule has 10 nitrogen and oxygen atoms in total. The molecular weight excluding hydrogens is 400 g/mol. The Labute approximate surface area is 175 Å². The molecule has 4 rings (SSSR count). The number of hydrogen-bond donors (Lipinski definition) is 1. The molecule has 1 amide bonds. The van der Waals surface area contributed by atoms with Crippen molar-refractivity contribution < 1.29 is 14.5 Å². The quantitative estimate of drug-likeness (QED) is 0.378. The number of carbonyl (C=O) groups is 1. The van der Waals surface area contributed by atoms with Gasteiger partial charge in [0, 0.05) is 17.5 Å². The first-order chi connectivity index (χ1) is 15.0. The van der Waals surface area contributed by atoms with Gasteiger partial charge >= 0.3 is 0 Å². The van der Waals surface area contributed by atoms with Crippen molar-refractivity contribution in [3.05, 3.63) is 82.5 Å². The Balaban J connectivity index is 1.52. The van der Waals surface area contributed by atoms with Gasteiger partial charge in [0.2, 0.25) is 0 Å². The molecule has 0 atom stereocenters. The number of amides is 1. The highest BCUT2D eigenvalue weighted by Gasteiger charge is 2.17. The molecule has 0 aliphatic heterocycles. The van der Waals surface area contributed by atoms with Crippen molar-refractivity contribution in [1.29, 1.82) is 5.26 Å². The zero-order valence-electron chi connectivity index (χ0n) is 15.9. The largest absolute Gasteiger partial charge is 0.484 e. The second-order valence-corrected chi connectivity index (χ2v) is 6.38. The third-order valence-corrected chi connectivity index (χ3v) is 4.37. The van der Waals surface area contributed by atoms with Gasteiger partial charge in [0.05, 0.1) is 16.6 Å². The van der Waals surface area contributed by atoms with Gasteiger partial charge in [-0.1, -0.05) is 18.2 Å². The number of ether oxygens (including phenoxy) is 1. The van der Waals surface area contributed by atoms with E-state index in [-0.39, 0.29) is 23.7 Å². The van der Waals surface area contributed by atoms with Gasteiger partial charge in [-0.2, -0.15) is 15.0 Å². The van der Waals surface area contributed by atoms with Crippen LogP contribution >= 0.6 is 0 Å². The molecule has 1 N–H and O–H groups in total. The minimum Gasteiger partial charge on any atom is -0.484 e. The number of benzene rings is 2. The molecule has 2 aromatic carbocycles. The van der Waals surface area contributed by atoms with Crippen LogP contribution in [0.25, 0.3) is 16.7 Å². The second-order valence-electron chi connectivity index (χ2n) is 6.38. The average molecular weight is 414 g/mol. The van der Waals surface area contributed by atoms with E-state index in [1.165, 1.54) is 35.1 Å². The molecule has 10 heteroatoms. The lowest BCUT2D eigenvalue weighted by Gasteiger charge is -2.10. The summed E-state index contributed by atoms with van der Waals surface area (Å²) in [6, 6.07) is 18.5. The predicted octanol–water partition coefficient (Wildman–Crippen LogP) is 3.22. The molecule has 0 unspecified atom stereocenters. The average Bonchev–Trinajstić information content (AvgIpc) is 3.20. The SMILES string of the molecule is N#Cc1cnn(-c2ccc3ccccc3n2)c1NC(=O)COc1ccc([N+](=O)[O-])cc1. The molecule has 0 spiro atoms. The summed E-state index contributed by atoms with van der Waals surface area (Å²) < 4.78 is 6.74. The number of rotatable bonds is 6. The number of nitrogens with one attached hydrogen (secondary N) is 1. The predicted molar refractivity (Wildman–Crippen MR) is 111 cm³/mol. The number of fused-ring (bicyclic) bond motifs is 1. The summed E-state index contributed by atoms with van der Waals surface area (Å²) in [4.78, 5) is 27.1. The first kappa shape index (κ1) is 19.5. The van der Waals surface area contributed by atoms with E-state index in [0.29, 0.717) is 11.6 Å². The second kappa shape index (κ2) is 8.30. The monoisotopic (exact) mass is 414 g/mol. The molecule has 152 valence electrons. The fourth-order valence-corrected chi connectivity index (χ4v) is 2.88. The van der Waals surface area contributed by atoms with Gasteiger partial charge in [-0.3, -0.25) is 14.9 Å². The Kier molecular flexibility index (Phi) is 5.23. The number of para-hydroxylation sites is 1. The number of anilines is 1. The van der Waals surface area contributed by atoms with Crippen LogP contribution in [0.15, 0.2) is 66.9 Å². The molecular formula is C21H14N6O4. The number of non-ortho nitro benzene ring substituents is 1. The first-order valence-electron chi connectivity index (χ1n) is 9.06. The lowest BCUT2D eigenvalue weighted by atomic mass is 10.2. The Morgan fingerprint density at radius 2 is 1.94 bits per heavy atom. The fraction of sp³-hybridized carbons (Fsp3) is 0.0476. The first-order valence-corrected chi connectivity index (χ1v) is 9.06. The molecule has 0 bridgehead atoms. The summed E-state index contributed by atoms with van der Waals surface area (Å²) in [5.41, 5.74) is 0.827. The summed E-state index contributed by atoms with van der Waals surface area (Å²) in [6.45, 7) is -0.362. The zero-order chi connectivity index (χ0) is 21.8.